The predicted octanol–water partition coefficient (Wildman–Crippen LogP) is 4.61. The van der Waals surface area contributed by atoms with Gasteiger partial charge >= 0.3 is 0 Å². The van der Waals surface area contributed by atoms with Crippen LogP contribution in [0.3, 0.4) is 0 Å². The van der Waals surface area contributed by atoms with Gasteiger partial charge in [0, 0.05) is 12.0 Å². The Hall–Kier alpha value is -0.530. The zero-order valence-corrected chi connectivity index (χ0v) is 10.4. The van der Waals surface area contributed by atoms with Crippen molar-refractivity contribution in [1.82, 2.24) is 0 Å². The molecule has 0 aromatic heterocycles. The first-order valence-electron chi connectivity index (χ1n) is 4.99. The molecule has 0 aliphatic heterocycles. The minimum atomic E-state index is 0.127. The van der Waals surface area contributed by atoms with Crippen LogP contribution in [0, 0.1) is 5.92 Å². The van der Waals surface area contributed by atoms with Crippen LogP contribution in [0.1, 0.15) is 37.0 Å². The summed E-state index contributed by atoms with van der Waals surface area (Å²) in [5.41, 5.74) is 0.644. The normalized spacial score (nSPS) is 10.7. The van der Waals surface area contributed by atoms with E-state index in [0.29, 0.717) is 27.9 Å². The minimum Gasteiger partial charge on any atom is -0.294 e. The molecule has 0 atom stereocenters. The molecule has 0 N–H and O–H groups in total. The molecule has 0 unspecified atom stereocenters. The number of hydrogen-bond donors (Lipinski definition) is 0. The summed E-state index contributed by atoms with van der Waals surface area (Å²) in [6.07, 6.45) is 1.47. The third kappa shape index (κ3) is 3.84. The van der Waals surface area contributed by atoms with E-state index in [9.17, 15) is 4.79 Å². The standard InChI is InChI=1S/C12H14Cl2O/c1-8(2)3-6-12(15)9-4-5-10(13)11(14)7-9/h4-5,7-8H,3,6H2,1-2H3. The van der Waals surface area contributed by atoms with Gasteiger partial charge < -0.3 is 0 Å². The van der Waals surface area contributed by atoms with E-state index in [-0.39, 0.29) is 5.78 Å². The molecule has 82 valence electrons. The van der Waals surface area contributed by atoms with Crippen LogP contribution in [0.15, 0.2) is 18.2 Å². The second-order valence-corrected chi connectivity index (χ2v) is 4.80. The van der Waals surface area contributed by atoms with Gasteiger partial charge in [0.2, 0.25) is 0 Å². The molecule has 0 saturated carbocycles. The molecule has 0 aliphatic carbocycles. The van der Waals surface area contributed by atoms with Gasteiger partial charge in [-0.1, -0.05) is 37.0 Å². The van der Waals surface area contributed by atoms with Gasteiger partial charge in [-0.2, -0.15) is 0 Å². The Balaban J connectivity index is 2.70. The van der Waals surface area contributed by atoms with E-state index >= 15 is 0 Å². The molecule has 0 fully saturated rings. The zero-order chi connectivity index (χ0) is 11.4. The summed E-state index contributed by atoms with van der Waals surface area (Å²) in [7, 11) is 0. The quantitative estimate of drug-likeness (QED) is 0.708. The number of carbonyl (C=O) groups excluding carboxylic acids is 1. The van der Waals surface area contributed by atoms with Gasteiger partial charge in [0.05, 0.1) is 10.0 Å². The summed E-state index contributed by atoms with van der Waals surface area (Å²) in [5, 5.41) is 0.920. The molecule has 0 heterocycles. The molecule has 1 nitrogen and oxygen atoms in total. The Kier molecular flexibility index (Phi) is 4.62. The van der Waals surface area contributed by atoms with Crippen LogP contribution in [0.5, 0.6) is 0 Å². The average molecular weight is 245 g/mol. The highest BCUT2D eigenvalue weighted by Gasteiger charge is 2.08. The first-order chi connectivity index (χ1) is 7.00. The van der Waals surface area contributed by atoms with Crippen molar-refractivity contribution in [2.45, 2.75) is 26.7 Å². The Labute approximate surface area is 100 Å². The number of halogens is 2. The molecular weight excluding hydrogens is 231 g/mol. The largest absolute Gasteiger partial charge is 0.294 e. The van der Waals surface area contributed by atoms with Crippen LogP contribution in [0.4, 0.5) is 0 Å². The topological polar surface area (TPSA) is 17.1 Å². The Bertz CT molecular complexity index is 359. The first-order valence-corrected chi connectivity index (χ1v) is 5.74. The van der Waals surface area contributed by atoms with Crippen LogP contribution >= 0.6 is 23.2 Å². The van der Waals surface area contributed by atoms with Crippen LogP contribution in [0.25, 0.3) is 0 Å². The average Bonchev–Trinajstić information content (AvgIpc) is 2.18. The van der Waals surface area contributed by atoms with Crippen molar-refractivity contribution in [3.8, 4) is 0 Å². The third-order valence-electron chi connectivity index (χ3n) is 2.19. The summed E-state index contributed by atoms with van der Waals surface area (Å²) < 4.78 is 0. The van der Waals surface area contributed by atoms with Crippen molar-refractivity contribution in [1.29, 1.82) is 0 Å². The summed E-state index contributed by atoms with van der Waals surface area (Å²) in [6, 6.07) is 5.01. The van der Waals surface area contributed by atoms with Crippen molar-refractivity contribution < 1.29 is 4.79 Å². The molecule has 15 heavy (non-hydrogen) atoms. The van der Waals surface area contributed by atoms with Gasteiger partial charge in [-0.3, -0.25) is 4.79 Å². The first kappa shape index (κ1) is 12.5. The predicted molar refractivity (Wildman–Crippen MR) is 64.9 cm³/mol. The van der Waals surface area contributed by atoms with E-state index in [2.05, 4.69) is 13.8 Å². The van der Waals surface area contributed by atoms with E-state index in [4.69, 9.17) is 23.2 Å². The van der Waals surface area contributed by atoms with E-state index in [1.165, 1.54) is 0 Å². The monoisotopic (exact) mass is 244 g/mol. The molecule has 0 saturated heterocycles. The maximum Gasteiger partial charge on any atom is 0.162 e. The van der Waals surface area contributed by atoms with Crippen molar-refractivity contribution in [3.05, 3.63) is 33.8 Å². The van der Waals surface area contributed by atoms with E-state index in [1.807, 2.05) is 0 Å². The SMILES string of the molecule is CC(C)CCC(=O)c1ccc(Cl)c(Cl)c1. The highest BCUT2D eigenvalue weighted by molar-refractivity contribution is 6.42. The van der Waals surface area contributed by atoms with Crippen molar-refractivity contribution in [3.63, 3.8) is 0 Å². The summed E-state index contributed by atoms with van der Waals surface area (Å²) in [5.74, 6) is 0.666. The van der Waals surface area contributed by atoms with Gasteiger partial charge in [-0.25, -0.2) is 0 Å². The lowest BCUT2D eigenvalue weighted by Gasteiger charge is -2.04. The summed E-state index contributed by atoms with van der Waals surface area (Å²) in [4.78, 5) is 11.7. The molecule has 3 heteroatoms. The molecule has 1 rings (SSSR count). The molecule has 1 aromatic rings. The second kappa shape index (κ2) is 5.53. The fourth-order valence-corrected chi connectivity index (χ4v) is 1.53. The van der Waals surface area contributed by atoms with Crippen LogP contribution in [-0.2, 0) is 0 Å². The second-order valence-electron chi connectivity index (χ2n) is 3.98. The van der Waals surface area contributed by atoms with Crippen LogP contribution in [0.2, 0.25) is 10.0 Å². The van der Waals surface area contributed by atoms with Crippen molar-refractivity contribution in [2.24, 2.45) is 5.92 Å². The van der Waals surface area contributed by atoms with Crippen molar-refractivity contribution in [2.75, 3.05) is 0 Å². The summed E-state index contributed by atoms with van der Waals surface area (Å²) in [6.45, 7) is 4.20. The minimum absolute atomic E-state index is 0.127. The van der Waals surface area contributed by atoms with Gasteiger partial charge in [0.25, 0.3) is 0 Å². The van der Waals surface area contributed by atoms with Crippen LogP contribution in [-0.4, -0.2) is 5.78 Å². The highest BCUT2D eigenvalue weighted by atomic mass is 35.5. The lowest BCUT2D eigenvalue weighted by Crippen LogP contribution is -2.01. The van der Waals surface area contributed by atoms with Crippen molar-refractivity contribution >= 4 is 29.0 Å². The number of Topliss-reactive ketones (excluding diaryl/α,β-unsaturated/α-hetero) is 1. The smallest absolute Gasteiger partial charge is 0.162 e. The fourth-order valence-electron chi connectivity index (χ4n) is 1.23. The number of ketones is 1. The molecule has 0 radical (unpaired) electrons. The third-order valence-corrected chi connectivity index (χ3v) is 2.93. The maximum atomic E-state index is 11.7. The van der Waals surface area contributed by atoms with Gasteiger partial charge in [0.15, 0.2) is 5.78 Å². The molecule has 0 spiro atoms. The number of benzene rings is 1. The Morgan fingerprint density at radius 3 is 2.47 bits per heavy atom. The number of hydrogen-bond acceptors (Lipinski definition) is 1. The number of rotatable bonds is 4. The Morgan fingerprint density at radius 2 is 1.93 bits per heavy atom. The van der Waals surface area contributed by atoms with E-state index < -0.39 is 0 Å². The molecule has 0 aliphatic rings. The van der Waals surface area contributed by atoms with Gasteiger partial charge in [-0.15, -0.1) is 0 Å². The van der Waals surface area contributed by atoms with E-state index in [0.717, 1.165) is 6.42 Å². The maximum absolute atomic E-state index is 11.7. The molecule has 0 amide bonds. The Morgan fingerprint density at radius 1 is 1.27 bits per heavy atom. The molecule has 0 bridgehead atoms. The highest BCUT2D eigenvalue weighted by Crippen LogP contribution is 2.23. The zero-order valence-electron chi connectivity index (χ0n) is 8.89. The van der Waals surface area contributed by atoms with Gasteiger partial charge in [-0.05, 0) is 30.5 Å². The van der Waals surface area contributed by atoms with Gasteiger partial charge in [0.1, 0.15) is 0 Å². The van der Waals surface area contributed by atoms with E-state index in [1.54, 1.807) is 18.2 Å². The lowest BCUT2D eigenvalue weighted by atomic mass is 10.0. The molecular formula is C12H14Cl2O. The fraction of sp³-hybridized carbons (Fsp3) is 0.417. The summed E-state index contributed by atoms with van der Waals surface area (Å²) >= 11 is 11.6. The molecule has 1 aromatic carbocycles. The van der Waals surface area contributed by atoms with Crippen LogP contribution < -0.4 is 0 Å². The number of carbonyl (C=O) groups is 1. The lowest BCUT2D eigenvalue weighted by molar-refractivity contribution is 0.0975.